The number of esters is 1. The fourth-order valence-corrected chi connectivity index (χ4v) is 5.96. The van der Waals surface area contributed by atoms with Crippen LogP contribution in [0.3, 0.4) is 0 Å². The number of carbonyl (C=O) groups is 2. The van der Waals surface area contributed by atoms with Crippen LogP contribution in [0.4, 0.5) is 0 Å². The molecule has 1 unspecified atom stereocenters. The van der Waals surface area contributed by atoms with Gasteiger partial charge in [-0.3, -0.25) is 9.59 Å². The average Bonchev–Trinajstić information content (AvgIpc) is 2.97. The maximum atomic E-state index is 12.9. The van der Waals surface area contributed by atoms with Crippen molar-refractivity contribution >= 4 is 27.8 Å². The van der Waals surface area contributed by atoms with E-state index in [-0.39, 0.29) is 5.97 Å². The molecule has 0 aliphatic heterocycles. The minimum Gasteiger partial charge on any atom is -0.465 e. The van der Waals surface area contributed by atoms with Crippen molar-refractivity contribution in [1.29, 1.82) is 0 Å². The molecular formula is C36H70BrNO3. The van der Waals surface area contributed by atoms with E-state index >= 15 is 0 Å². The Bertz CT molecular complexity index is 571. The van der Waals surface area contributed by atoms with Crippen molar-refractivity contribution in [1.82, 2.24) is 4.90 Å². The number of halogens is 1. The number of nitrogens with zero attached hydrogens (tertiary/aromatic N) is 1. The first-order valence-electron chi connectivity index (χ1n) is 18.1. The predicted molar refractivity (Wildman–Crippen MR) is 182 cm³/mol. The molecule has 0 spiro atoms. The zero-order valence-electron chi connectivity index (χ0n) is 27.8. The molecule has 5 heteroatoms. The Balaban J connectivity index is 4.32. The molecule has 0 aliphatic rings. The van der Waals surface area contributed by atoms with Crippen LogP contribution in [0.15, 0.2) is 0 Å². The predicted octanol–water partition coefficient (Wildman–Crippen LogP) is 11.6. The van der Waals surface area contributed by atoms with Crippen LogP contribution in [-0.4, -0.2) is 41.8 Å². The van der Waals surface area contributed by atoms with Crippen molar-refractivity contribution < 1.29 is 14.3 Å². The molecule has 1 atom stereocenters. The molecule has 244 valence electrons. The van der Waals surface area contributed by atoms with E-state index in [9.17, 15) is 9.59 Å². The third-order valence-corrected chi connectivity index (χ3v) is 8.94. The second-order valence-electron chi connectivity index (χ2n) is 12.4. The van der Waals surface area contributed by atoms with Crippen LogP contribution in [0.1, 0.15) is 188 Å². The van der Waals surface area contributed by atoms with Crippen LogP contribution >= 0.6 is 15.9 Å². The summed E-state index contributed by atoms with van der Waals surface area (Å²) in [6.45, 7) is 9.09. The minimum atomic E-state index is -0.0288. The van der Waals surface area contributed by atoms with Crippen LogP contribution in [0.2, 0.25) is 0 Å². The van der Waals surface area contributed by atoms with Gasteiger partial charge in [-0.1, -0.05) is 146 Å². The monoisotopic (exact) mass is 643 g/mol. The third kappa shape index (κ3) is 28.0. The van der Waals surface area contributed by atoms with Gasteiger partial charge in [-0.15, -0.1) is 0 Å². The Kier molecular flexibility index (Phi) is 31.9. The van der Waals surface area contributed by atoms with Crippen LogP contribution < -0.4 is 0 Å². The Hall–Kier alpha value is -0.580. The minimum absolute atomic E-state index is 0.0288. The molecule has 0 aliphatic carbocycles. The molecule has 0 heterocycles. The standard InChI is InChI=1S/C36H70BrNO3/c1-4-7-10-13-15-20-27-34(26-19-11-8-5-2)33-41-36(40)29-22-18-25-32-38(31-24-12-9-6-3)35(39)28-21-16-14-17-23-30-37/h34H,4-33H2,1-3H3. The molecule has 0 bridgehead atoms. The number of hydrogen-bond acceptors (Lipinski definition) is 3. The second-order valence-corrected chi connectivity index (χ2v) is 13.2. The summed E-state index contributed by atoms with van der Waals surface area (Å²) in [5, 5.41) is 1.08. The smallest absolute Gasteiger partial charge is 0.305 e. The molecule has 0 aromatic rings. The van der Waals surface area contributed by atoms with Gasteiger partial charge in [0.25, 0.3) is 0 Å². The van der Waals surface area contributed by atoms with E-state index in [1.165, 1.54) is 116 Å². The Morgan fingerprint density at radius 3 is 1.59 bits per heavy atom. The van der Waals surface area contributed by atoms with E-state index in [1.807, 2.05) is 0 Å². The number of hydrogen-bond donors (Lipinski definition) is 0. The van der Waals surface area contributed by atoms with Crippen LogP contribution in [0, 0.1) is 5.92 Å². The highest BCUT2D eigenvalue weighted by molar-refractivity contribution is 9.09. The molecular weight excluding hydrogens is 574 g/mol. The molecule has 0 N–H and O–H groups in total. The molecule has 1 amide bonds. The number of unbranched alkanes of at least 4 members (excludes halogenated alkanes) is 17. The molecule has 0 radical (unpaired) electrons. The zero-order valence-corrected chi connectivity index (χ0v) is 29.4. The van der Waals surface area contributed by atoms with E-state index < -0.39 is 0 Å². The van der Waals surface area contributed by atoms with Crippen LogP contribution in [0.25, 0.3) is 0 Å². The summed E-state index contributed by atoms with van der Waals surface area (Å²) in [5.41, 5.74) is 0. The topological polar surface area (TPSA) is 46.6 Å². The number of amides is 1. The van der Waals surface area contributed by atoms with E-state index in [4.69, 9.17) is 4.74 Å². The maximum absolute atomic E-state index is 12.9. The van der Waals surface area contributed by atoms with E-state index in [0.29, 0.717) is 31.3 Å². The van der Waals surface area contributed by atoms with Crippen molar-refractivity contribution in [3.05, 3.63) is 0 Å². The van der Waals surface area contributed by atoms with Crippen LogP contribution in [-0.2, 0) is 14.3 Å². The lowest BCUT2D eigenvalue weighted by Gasteiger charge is -2.23. The summed E-state index contributed by atoms with van der Waals surface area (Å²) in [7, 11) is 0. The lowest BCUT2D eigenvalue weighted by atomic mass is 9.95. The SMILES string of the molecule is CCCCCCCCC(CCCCCC)COC(=O)CCCCCN(CCCCCC)C(=O)CCCCCCCBr. The number of rotatable bonds is 32. The van der Waals surface area contributed by atoms with Gasteiger partial charge in [-0.05, 0) is 50.9 Å². The number of alkyl halides is 1. The average molecular weight is 645 g/mol. The van der Waals surface area contributed by atoms with Crippen molar-refractivity contribution in [2.45, 2.75) is 188 Å². The Labute approximate surface area is 265 Å². The quantitative estimate of drug-likeness (QED) is 0.0416. The molecule has 0 fully saturated rings. The normalized spacial score (nSPS) is 12.0. The summed E-state index contributed by atoms with van der Waals surface area (Å²) >= 11 is 3.49. The highest BCUT2D eigenvalue weighted by Crippen LogP contribution is 2.20. The summed E-state index contributed by atoms with van der Waals surface area (Å²) < 4.78 is 5.77. The fourth-order valence-electron chi connectivity index (χ4n) is 5.57. The highest BCUT2D eigenvalue weighted by atomic mass is 79.9. The lowest BCUT2D eigenvalue weighted by Crippen LogP contribution is -2.32. The maximum Gasteiger partial charge on any atom is 0.305 e. The first-order chi connectivity index (χ1) is 20.1. The second kappa shape index (κ2) is 32.3. The number of carbonyl (C=O) groups excluding carboxylic acids is 2. The lowest BCUT2D eigenvalue weighted by molar-refractivity contribution is -0.145. The largest absolute Gasteiger partial charge is 0.465 e. The first-order valence-corrected chi connectivity index (χ1v) is 19.2. The third-order valence-electron chi connectivity index (χ3n) is 8.38. The van der Waals surface area contributed by atoms with Crippen molar-refractivity contribution in [3.63, 3.8) is 0 Å². The van der Waals surface area contributed by atoms with Crippen molar-refractivity contribution in [2.75, 3.05) is 25.0 Å². The van der Waals surface area contributed by atoms with E-state index in [0.717, 1.165) is 56.9 Å². The van der Waals surface area contributed by atoms with Gasteiger partial charge < -0.3 is 9.64 Å². The molecule has 0 rings (SSSR count). The van der Waals surface area contributed by atoms with Gasteiger partial charge in [0.1, 0.15) is 0 Å². The highest BCUT2D eigenvalue weighted by Gasteiger charge is 2.14. The van der Waals surface area contributed by atoms with Crippen LogP contribution in [0.5, 0.6) is 0 Å². The van der Waals surface area contributed by atoms with Gasteiger partial charge in [0, 0.05) is 31.3 Å². The molecule has 41 heavy (non-hydrogen) atoms. The summed E-state index contributed by atoms with van der Waals surface area (Å²) in [4.78, 5) is 27.5. The van der Waals surface area contributed by atoms with E-state index in [2.05, 4.69) is 41.6 Å². The van der Waals surface area contributed by atoms with E-state index in [1.54, 1.807) is 0 Å². The Morgan fingerprint density at radius 2 is 1.00 bits per heavy atom. The van der Waals surface area contributed by atoms with Gasteiger partial charge in [0.15, 0.2) is 0 Å². The summed E-state index contributed by atoms with van der Waals surface area (Å²) in [6, 6.07) is 0. The van der Waals surface area contributed by atoms with Gasteiger partial charge in [0.2, 0.25) is 5.91 Å². The molecule has 0 saturated heterocycles. The summed E-state index contributed by atoms with van der Waals surface area (Å²) in [6.07, 6.45) is 30.1. The van der Waals surface area contributed by atoms with Gasteiger partial charge in [-0.25, -0.2) is 0 Å². The fraction of sp³-hybridized carbons (Fsp3) is 0.944. The van der Waals surface area contributed by atoms with Crippen molar-refractivity contribution in [2.24, 2.45) is 5.92 Å². The van der Waals surface area contributed by atoms with Gasteiger partial charge in [-0.2, -0.15) is 0 Å². The first kappa shape index (κ1) is 40.4. The van der Waals surface area contributed by atoms with Gasteiger partial charge >= 0.3 is 5.97 Å². The summed E-state index contributed by atoms with van der Waals surface area (Å²) in [5.74, 6) is 0.828. The van der Waals surface area contributed by atoms with Gasteiger partial charge in [0.05, 0.1) is 6.61 Å². The molecule has 0 saturated carbocycles. The zero-order chi connectivity index (χ0) is 30.2. The Morgan fingerprint density at radius 1 is 0.561 bits per heavy atom. The van der Waals surface area contributed by atoms with Crippen molar-refractivity contribution in [3.8, 4) is 0 Å². The number of ether oxygens (including phenoxy) is 1. The molecule has 0 aromatic carbocycles. The molecule has 4 nitrogen and oxygen atoms in total. The molecule has 0 aromatic heterocycles.